The van der Waals surface area contributed by atoms with Crippen LogP contribution in [-0.2, 0) is 4.79 Å². The minimum atomic E-state index is -0.437. The molecule has 1 saturated heterocycles. The number of hydrogen-bond acceptors (Lipinski definition) is 6. The number of phenolic OH excluding ortho intramolecular Hbond substituents is 1. The van der Waals surface area contributed by atoms with E-state index in [-0.39, 0.29) is 22.9 Å². The Bertz CT molecular complexity index is 1020. The molecule has 8 heteroatoms. The molecule has 2 aromatic carbocycles. The molecule has 8 nitrogen and oxygen atoms in total. The average molecular weight is 406 g/mol. The highest BCUT2D eigenvalue weighted by Gasteiger charge is 2.24. The normalized spacial score (nSPS) is 14.4. The number of nitriles is 1. The zero-order chi connectivity index (χ0) is 21.8. The second-order valence-corrected chi connectivity index (χ2v) is 7.23. The highest BCUT2D eigenvalue weighted by molar-refractivity contribution is 6.01. The van der Waals surface area contributed by atoms with Crippen LogP contribution in [0.25, 0.3) is 6.08 Å². The first-order chi connectivity index (χ1) is 14.3. The second kappa shape index (κ2) is 8.66. The number of nitrogens with zero attached hydrogens (tertiary/aromatic N) is 4. The molecule has 0 atom stereocenters. The summed E-state index contributed by atoms with van der Waals surface area (Å²) in [6.07, 6.45) is 1.55. The van der Waals surface area contributed by atoms with Gasteiger partial charge in [0.15, 0.2) is 0 Å². The Morgan fingerprint density at radius 1 is 1.13 bits per heavy atom. The van der Waals surface area contributed by atoms with Crippen molar-refractivity contribution in [2.75, 3.05) is 31.1 Å². The van der Waals surface area contributed by atoms with Gasteiger partial charge in [-0.15, -0.1) is 0 Å². The summed E-state index contributed by atoms with van der Waals surface area (Å²) in [4.78, 5) is 26.9. The van der Waals surface area contributed by atoms with Gasteiger partial charge in [0.1, 0.15) is 17.4 Å². The van der Waals surface area contributed by atoms with E-state index in [1.807, 2.05) is 6.07 Å². The zero-order valence-electron chi connectivity index (χ0n) is 16.8. The van der Waals surface area contributed by atoms with Crippen LogP contribution in [0, 0.1) is 35.3 Å². The largest absolute Gasteiger partial charge is 0.507 e. The van der Waals surface area contributed by atoms with Crippen molar-refractivity contribution in [3.8, 4) is 11.8 Å². The van der Waals surface area contributed by atoms with Crippen molar-refractivity contribution in [2.45, 2.75) is 13.8 Å². The van der Waals surface area contributed by atoms with Crippen LogP contribution in [-0.4, -0.2) is 47.0 Å². The number of piperazine rings is 1. The second-order valence-electron chi connectivity index (χ2n) is 7.23. The van der Waals surface area contributed by atoms with Crippen LogP contribution in [0.5, 0.6) is 5.75 Å². The molecule has 1 heterocycles. The van der Waals surface area contributed by atoms with E-state index in [4.69, 9.17) is 0 Å². The van der Waals surface area contributed by atoms with E-state index in [9.17, 15) is 25.3 Å². The van der Waals surface area contributed by atoms with Gasteiger partial charge in [0.2, 0.25) is 0 Å². The van der Waals surface area contributed by atoms with Crippen molar-refractivity contribution in [2.24, 2.45) is 0 Å². The Hall–Kier alpha value is -3.86. The lowest BCUT2D eigenvalue weighted by atomic mass is 10.0. The molecule has 0 radical (unpaired) electrons. The molecule has 0 spiro atoms. The number of aromatic hydroxyl groups is 1. The van der Waals surface area contributed by atoms with Crippen molar-refractivity contribution in [3.63, 3.8) is 0 Å². The maximum absolute atomic E-state index is 12.8. The number of carbonyl (C=O) groups excluding carboxylic acids is 1. The number of nitro groups is 1. The Kier molecular flexibility index (Phi) is 6.02. The third kappa shape index (κ3) is 4.41. The fourth-order valence-electron chi connectivity index (χ4n) is 3.50. The topological polar surface area (TPSA) is 111 Å². The quantitative estimate of drug-likeness (QED) is 0.361. The SMILES string of the molecule is Cc1cc(/C=C(\C#N)C(=O)N2CCN(c3ccc([N+](=O)[O-])cc3)CC2)cc(C)c1O. The molecule has 154 valence electrons. The van der Waals surface area contributed by atoms with Gasteiger partial charge in [0.05, 0.1) is 4.92 Å². The van der Waals surface area contributed by atoms with E-state index < -0.39 is 4.92 Å². The average Bonchev–Trinajstić information content (AvgIpc) is 2.75. The lowest BCUT2D eigenvalue weighted by molar-refractivity contribution is -0.384. The number of non-ortho nitro benzene ring substituents is 1. The Balaban J connectivity index is 1.69. The van der Waals surface area contributed by atoms with E-state index >= 15 is 0 Å². The molecule has 1 N–H and O–H groups in total. The molecule has 0 unspecified atom stereocenters. The third-order valence-corrected chi connectivity index (χ3v) is 5.17. The van der Waals surface area contributed by atoms with Crippen LogP contribution < -0.4 is 4.90 Å². The molecule has 1 amide bonds. The number of carbonyl (C=O) groups is 1. The number of phenols is 1. The van der Waals surface area contributed by atoms with Crippen molar-refractivity contribution in [1.82, 2.24) is 4.90 Å². The lowest BCUT2D eigenvalue weighted by Crippen LogP contribution is -2.49. The van der Waals surface area contributed by atoms with Crippen LogP contribution in [0.3, 0.4) is 0 Å². The van der Waals surface area contributed by atoms with Gasteiger partial charge in [0.25, 0.3) is 11.6 Å². The van der Waals surface area contributed by atoms with E-state index in [0.717, 1.165) is 5.69 Å². The number of benzene rings is 2. The molecular weight excluding hydrogens is 384 g/mol. The summed E-state index contributed by atoms with van der Waals surface area (Å²) in [5.41, 5.74) is 3.00. The number of rotatable bonds is 4. The summed E-state index contributed by atoms with van der Waals surface area (Å²) in [5.74, 6) is -0.122. The highest BCUT2D eigenvalue weighted by Crippen LogP contribution is 2.25. The van der Waals surface area contributed by atoms with Gasteiger partial charge in [-0.05, 0) is 60.9 Å². The minimum Gasteiger partial charge on any atom is -0.507 e. The Morgan fingerprint density at radius 3 is 2.20 bits per heavy atom. The molecule has 0 saturated carbocycles. The number of nitro benzene ring substituents is 1. The third-order valence-electron chi connectivity index (χ3n) is 5.17. The fraction of sp³-hybridized carbons (Fsp3) is 0.273. The molecule has 0 aromatic heterocycles. The van der Waals surface area contributed by atoms with Crippen LogP contribution >= 0.6 is 0 Å². The van der Waals surface area contributed by atoms with Crippen molar-refractivity contribution in [1.29, 1.82) is 5.26 Å². The molecule has 1 aliphatic heterocycles. The molecule has 3 rings (SSSR count). The van der Waals surface area contributed by atoms with Gasteiger partial charge in [-0.1, -0.05) is 0 Å². The van der Waals surface area contributed by atoms with E-state index in [0.29, 0.717) is 42.9 Å². The number of amides is 1. The lowest BCUT2D eigenvalue weighted by Gasteiger charge is -2.36. The van der Waals surface area contributed by atoms with Gasteiger partial charge in [-0.25, -0.2) is 0 Å². The highest BCUT2D eigenvalue weighted by atomic mass is 16.6. The van der Waals surface area contributed by atoms with Crippen molar-refractivity contribution < 1.29 is 14.8 Å². The van der Waals surface area contributed by atoms with Gasteiger partial charge in [-0.2, -0.15) is 5.26 Å². The smallest absolute Gasteiger partial charge is 0.269 e. The summed E-state index contributed by atoms with van der Waals surface area (Å²) in [6.45, 7) is 5.57. The maximum atomic E-state index is 12.8. The molecular formula is C22H22N4O4. The van der Waals surface area contributed by atoms with E-state index in [2.05, 4.69) is 4.90 Å². The number of aryl methyl sites for hydroxylation is 2. The molecule has 2 aromatic rings. The number of hydrogen-bond donors (Lipinski definition) is 1. The fourth-order valence-corrected chi connectivity index (χ4v) is 3.50. The summed E-state index contributed by atoms with van der Waals surface area (Å²) in [7, 11) is 0. The van der Waals surface area contributed by atoms with Gasteiger partial charge in [-0.3, -0.25) is 14.9 Å². The molecule has 1 aliphatic rings. The van der Waals surface area contributed by atoms with Crippen LogP contribution in [0.1, 0.15) is 16.7 Å². The minimum absolute atomic E-state index is 0.0380. The predicted octanol–water partition coefficient (Wildman–Crippen LogP) is 3.17. The van der Waals surface area contributed by atoms with Crippen LogP contribution in [0.4, 0.5) is 11.4 Å². The van der Waals surface area contributed by atoms with Gasteiger partial charge in [0, 0.05) is 44.0 Å². The maximum Gasteiger partial charge on any atom is 0.269 e. The monoisotopic (exact) mass is 406 g/mol. The summed E-state index contributed by atoms with van der Waals surface area (Å²) >= 11 is 0. The summed E-state index contributed by atoms with van der Waals surface area (Å²) in [5, 5.41) is 30.2. The number of anilines is 1. The molecule has 0 aliphatic carbocycles. The molecule has 30 heavy (non-hydrogen) atoms. The zero-order valence-corrected chi connectivity index (χ0v) is 16.8. The summed E-state index contributed by atoms with van der Waals surface area (Å²) < 4.78 is 0. The predicted molar refractivity (Wildman–Crippen MR) is 113 cm³/mol. The summed E-state index contributed by atoms with van der Waals surface area (Å²) in [6, 6.07) is 11.8. The van der Waals surface area contributed by atoms with Crippen molar-refractivity contribution >= 4 is 23.4 Å². The standard InChI is InChI=1S/C22H22N4O4/c1-15-11-17(12-16(2)21(15)27)13-18(14-23)22(28)25-9-7-24(8-10-25)19-3-5-20(6-4-19)26(29)30/h3-6,11-13,27H,7-10H2,1-2H3/b18-13+. The van der Waals surface area contributed by atoms with Gasteiger partial charge >= 0.3 is 0 Å². The van der Waals surface area contributed by atoms with Crippen molar-refractivity contribution in [3.05, 3.63) is 68.8 Å². The van der Waals surface area contributed by atoms with Crippen LogP contribution in [0.2, 0.25) is 0 Å². The van der Waals surface area contributed by atoms with E-state index in [1.165, 1.54) is 12.1 Å². The van der Waals surface area contributed by atoms with E-state index in [1.54, 1.807) is 49.1 Å². The Labute approximate surface area is 174 Å². The van der Waals surface area contributed by atoms with Gasteiger partial charge < -0.3 is 14.9 Å². The molecule has 0 bridgehead atoms. The first-order valence-corrected chi connectivity index (χ1v) is 9.51. The first kappa shape index (κ1) is 20.9. The van der Waals surface area contributed by atoms with Crippen LogP contribution in [0.15, 0.2) is 42.0 Å². The molecule has 1 fully saturated rings. The Morgan fingerprint density at radius 2 is 1.70 bits per heavy atom. The first-order valence-electron chi connectivity index (χ1n) is 9.51.